The Hall–Kier alpha value is -2.04. The first-order valence-corrected chi connectivity index (χ1v) is 7.08. The minimum absolute atomic E-state index is 0.346. The van der Waals surface area contributed by atoms with Gasteiger partial charge in [-0.05, 0) is 38.3 Å². The molecule has 0 saturated heterocycles. The van der Waals surface area contributed by atoms with Crippen molar-refractivity contribution in [3.63, 3.8) is 0 Å². The minimum atomic E-state index is -0.785. The van der Waals surface area contributed by atoms with Crippen LogP contribution in [0.4, 0.5) is 4.79 Å². The molecular weight excluding hydrogens is 268 g/mol. The summed E-state index contributed by atoms with van der Waals surface area (Å²) in [6.07, 6.45) is 0.658. The Morgan fingerprint density at radius 3 is 2.14 bits per heavy atom. The molecule has 1 rings (SSSR count). The quantitative estimate of drug-likeness (QED) is 0.872. The Kier molecular flexibility index (Phi) is 5.76. The Bertz CT molecular complexity index is 489. The van der Waals surface area contributed by atoms with Crippen LogP contribution in [0.2, 0.25) is 0 Å². The van der Waals surface area contributed by atoms with Gasteiger partial charge < -0.3 is 15.8 Å². The third-order valence-corrected chi connectivity index (χ3v) is 2.91. The standard InChI is InChI=1S/C16H24N2O3/c1-5-11-6-8-12(9-7-11)10-13(14(17)19)18-15(20)21-16(2,3)4/h6-9,13H,5,10H2,1-4H3,(H2,17,19)(H,18,20). The summed E-state index contributed by atoms with van der Waals surface area (Å²) >= 11 is 0. The first-order valence-electron chi connectivity index (χ1n) is 7.08. The molecule has 5 nitrogen and oxygen atoms in total. The third kappa shape index (κ3) is 6.29. The van der Waals surface area contributed by atoms with Crippen LogP contribution in [0.3, 0.4) is 0 Å². The average molecular weight is 292 g/mol. The van der Waals surface area contributed by atoms with Crippen molar-refractivity contribution in [2.75, 3.05) is 0 Å². The minimum Gasteiger partial charge on any atom is -0.444 e. The van der Waals surface area contributed by atoms with E-state index < -0.39 is 23.6 Å². The van der Waals surface area contributed by atoms with Crippen molar-refractivity contribution in [3.8, 4) is 0 Å². The van der Waals surface area contributed by atoms with Gasteiger partial charge in [-0.1, -0.05) is 31.2 Å². The van der Waals surface area contributed by atoms with E-state index in [4.69, 9.17) is 10.5 Å². The molecule has 116 valence electrons. The van der Waals surface area contributed by atoms with Crippen molar-refractivity contribution in [3.05, 3.63) is 35.4 Å². The molecule has 0 saturated carbocycles. The summed E-state index contributed by atoms with van der Waals surface area (Å²) in [7, 11) is 0. The molecule has 1 unspecified atom stereocenters. The highest BCUT2D eigenvalue weighted by Crippen LogP contribution is 2.10. The lowest BCUT2D eigenvalue weighted by Gasteiger charge is -2.22. The number of hydrogen-bond donors (Lipinski definition) is 2. The van der Waals surface area contributed by atoms with E-state index >= 15 is 0 Å². The number of aryl methyl sites for hydroxylation is 1. The molecule has 0 fully saturated rings. The van der Waals surface area contributed by atoms with E-state index in [2.05, 4.69) is 12.2 Å². The maximum atomic E-state index is 11.7. The molecule has 1 aromatic carbocycles. The van der Waals surface area contributed by atoms with Gasteiger partial charge in [0.25, 0.3) is 0 Å². The van der Waals surface area contributed by atoms with Gasteiger partial charge >= 0.3 is 6.09 Å². The van der Waals surface area contributed by atoms with Crippen molar-refractivity contribution in [2.24, 2.45) is 5.73 Å². The predicted molar refractivity (Wildman–Crippen MR) is 81.9 cm³/mol. The van der Waals surface area contributed by atoms with Crippen molar-refractivity contribution in [1.29, 1.82) is 0 Å². The van der Waals surface area contributed by atoms with E-state index in [-0.39, 0.29) is 0 Å². The molecule has 0 aliphatic rings. The van der Waals surface area contributed by atoms with Gasteiger partial charge in [0.05, 0.1) is 0 Å². The summed E-state index contributed by atoms with van der Waals surface area (Å²) in [5, 5.41) is 2.51. The zero-order chi connectivity index (χ0) is 16.0. The van der Waals surface area contributed by atoms with E-state index in [1.165, 1.54) is 5.56 Å². The molecule has 1 aromatic rings. The maximum Gasteiger partial charge on any atom is 0.408 e. The molecule has 0 radical (unpaired) electrons. The number of primary amides is 1. The summed E-state index contributed by atoms with van der Waals surface area (Å²) in [5.41, 5.74) is 6.88. The third-order valence-electron chi connectivity index (χ3n) is 2.91. The molecule has 3 N–H and O–H groups in total. The van der Waals surface area contributed by atoms with E-state index in [1.54, 1.807) is 20.8 Å². The highest BCUT2D eigenvalue weighted by Gasteiger charge is 2.22. The van der Waals surface area contributed by atoms with Gasteiger partial charge in [-0.15, -0.1) is 0 Å². The Labute approximate surface area is 125 Å². The lowest BCUT2D eigenvalue weighted by molar-refractivity contribution is -0.120. The van der Waals surface area contributed by atoms with Crippen LogP contribution in [-0.4, -0.2) is 23.6 Å². The van der Waals surface area contributed by atoms with E-state index in [1.807, 2.05) is 24.3 Å². The van der Waals surface area contributed by atoms with Crippen LogP contribution in [0.1, 0.15) is 38.8 Å². The van der Waals surface area contributed by atoms with Crippen LogP contribution in [0, 0.1) is 0 Å². The van der Waals surface area contributed by atoms with Crippen LogP contribution >= 0.6 is 0 Å². The second kappa shape index (κ2) is 7.11. The van der Waals surface area contributed by atoms with E-state index in [0.717, 1.165) is 12.0 Å². The molecule has 5 heteroatoms. The molecular formula is C16H24N2O3. The fraction of sp³-hybridized carbons (Fsp3) is 0.500. The largest absolute Gasteiger partial charge is 0.444 e. The number of carbonyl (C=O) groups is 2. The Balaban J connectivity index is 2.69. The number of alkyl carbamates (subject to hydrolysis) is 1. The lowest BCUT2D eigenvalue weighted by Crippen LogP contribution is -2.47. The fourth-order valence-electron chi connectivity index (χ4n) is 1.82. The second-order valence-corrected chi connectivity index (χ2v) is 5.98. The highest BCUT2D eigenvalue weighted by molar-refractivity contribution is 5.84. The Morgan fingerprint density at radius 2 is 1.71 bits per heavy atom. The van der Waals surface area contributed by atoms with Crippen LogP contribution in [0.5, 0.6) is 0 Å². The number of carbonyl (C=O) groups excluding carboxylic acids is 2. The molecule has 0 aromatic heterocycles. The van der Waals surface area contributed by atoms with Gasteiger partial charge in [-0.3, -0.25) is 4.79 Å². The number of rotatable bonds is 5. The lowest BCUT2D eigenvalue weighted by atomic mass is 10.0. The average Bonchev–Trinajstić information content (AvgIpc) is 2.36. The number of hydrogen-bond acceptors (Lipinski definition) is 3. The SMILES string of the molecule is CCc1ccc(CC(NC(=O)OC(C)(C)C)C(N)=O)cc1. The van der Waals surface area contributed by atoms with Crippen LogP contribution in [0.25, 0.3) is 0 Å². The van der Waals surface area contributed by atoms with Crippen molar-refractivity contribution < 1.29 is 14.3 Å². The van der Waals surface area contributed by atoms with Gasteiger partial charge in [-0.2, -0.15) is 0 Å². The van der Waals surface area contributed by atoms with Gasteiger partial charge in [0.2, 0.25) is 5.91 Å². The number of nitrogens with one attached hydrogen (secondary N) is 1. The molecule has 0 aliphatic heterocycles. The molecule has 1 atom stereocenters. The van der Waals surface area contributed by atoms with E-state index in [0.29, 0.717) is 6.42 Å². The number of ether oxygens (including phenoxy) is 1. The topological polar surface area (TPSA) is 81.4 Å². The van der Waals surface area contributed by atoms with Gasteiger partial charge in [-0.25, -0.2) is 4.79 Å². The van der Waals surface area contributed by atoms with Gasteiger partial charge in [0.15, 0.2) is 0 Å². The molecule has 0 heterocycles. The predicted octanol–water partition coefficient (Wildman–Crippen LogP) is 2.17. The summed E-state index contributed by atoms with van der Waals surface area (Å²) in [6.45, 7) is 7.35. The zero-order valence-electron chi connectivity index (χ0n) is 13.1. The molecule has 21 heavy (non-hydrogen) atoms. The van der Waals surface area contributed by atoms with Crippen LogP contribution < -0.4 is 11.1 Å². The first-order chi connectivity index (χ1) is 9.71. The highest BCUT2D eigenvalue weighted by atomic mass is 16.6. The van der Waals surface area contributed by atoms with Crippen molar-refractivity contribution in [2.45, 2.75) is 52.2 Å². The number of benzene rings is 1. The van der Waals surface area contributed by atoms with Crippen molar-refractivity contribution >= 4 is 12.0 Å². The second-order valence-electron chi connectivity index (χ2n) is 5.98. The maximum absolute atomic E-state index is 11.7. The summed E-state index contributed by atoms with van der Waals surface area (Å²) in [6, 6.07) is 7.09. The summed E-state index contributed by atoms with van der Waals surface area (Å²) in [4.78, 5) is 23.2. The van der Waals surface area contributed by atoms with Crippen molar-refractivity contribution in [1.82, 2.24) is 5.32 Å². The van der Waals surface area contributed by atoms with Crippen LogP contribution in [-0.2, 0) is 22.4 Å². The smallest absolute Gasteiger partial charge is 0.408 e. The first kappa shape index (κ1) is 17.0. The molecule has 0 bridgehead atoms. The molecule has 0 spiro atoms. The van der Waals surface area contributed by atoms with Crippen LogP contribution in [0.15, 0.2) is 24.3 Å². The Morgan fingerprint density at radius 1 is 1.19 bits per heavy atom. The van der Waals surface area contributed by atoms with E-state index in [9.17, 15) is 9.59 Å². The molecule has 2 amide bonds. The zero-order valence-corrected chi connectivity index (χ0v) is 13.1. The normalized spacial score (nSPS) is 12.6. The van der Waals surface area contributed by atoms with Gasteiger partial charge in [0, 0.05) is 6.42 Å². The summed E-state index contributed by atoms with van der Waals surface area (Å²) in [5.74, 6) is -0.583. The molecule has 0 aliphatic carbocycles. The monoisotopic (exact) mass is 292 g/mol. The van der Waals surface area contributed by atoms with Gasteiger partial charge in [0.1, 0.15) is 11.6 Å². The fourth-order valence-corrected chi connectivity index (χ4v) is 1.82. The summed E-state index contributed by atoms with van der Waals surface area (Å²) < 4.78 is 5.13. The number of amides is 2. The number of nitrogens with two attached hydrogens (primary N) is 1.